The summed E-state index contributed by atoms with van der Waals surface area (Å²) in [5.41, 5.74) is 1.10. The normalized spacial score (nSPS) is 11.8. The van der Waals surface area contributed by atoms with E-state index in [1.165, 1.54) is 0 Å². The monoisotopic (exact) mass is 322 g/mol. The maximum absolute atomic E-state index is 11.7. The van der Waals surface area contributed by atoms with Crippen molar-refractivity contribution >= 4 is 12.0 Å². The topological polar surface area (TPSA) is 87.7 Å². The molecule has 6 heteroatoms. The SMILES string of the molecule is CC(CCc1ccc(O)cc1)NC(=O)NCCC(=O)OC(C)C. The zero-order valence-electron chi connectivity index (χ0n) is 14.0. The van der Waals surface area contributed by atoms with Gasteiger partial charge in [-0.05, 0) is 51.3 Å². The fourth-order valence-electron chi connectivity index (χ4n) is 1.99. The quantitative estimate of drug-likeness (QED) is 0.641. The Labute approximate surface area is 137 Å². The summed E-state index contributed by atoms with van der Waals surface area (Å²) in [4.78, 5) is 23.0. The lowest BCUT2D eigenvalue weighted by molar-refractivity contribution is -0.147. The Morgan fingerprint density at radius 2 is 1.83 bits per heavy atom. The van der Waals surface area contributed by atoms with E-state index in [4.69, 9.17) is 4.74 Å². The summed E-state index contributed by atoms with van der Waals surface area (Å²) < 4.78 is 4.98. The molecule has 0 aliphatic carbocycles. The first-order chi connectivity index (χ1) is 10.9. The molecule has 6 nitrogen and oxygen atoms in total. The van der Waals surface area contributed by atoms with Gasteiger partial charge in [0.05, 0.1) is 12.5 Å². The van der Waals surface area contributed by atoms with E-state index in [9.17, 15) is 14.7 Å². The minimum atomic E-state index is -0.319. The molecule has 0 heterocycles. The molecule has 3 N–H and O–H groups in total. The number of ether oxygens (including phenoxy) is 1. The number of esters is 1. The van der Waals surface area contributed by atoms with Crippen LogP contribution in [0.25, 0.3) is 0 Å². The van der Waals surface area contributed by atoms with Crippen molar-refractivity contribution in [1.82, 2.24) is 10.6 Å². The standard InChI is InChI=1S/C17H26N2O4/c1-12(2)23-16(21)10-11-18-17(22)19-13(3)4-5-14-6-8-15(20)9-7-14/h6-9,12-13,20H,4-5,10-11H2,1-3H3,(H2,18,19,22). The third kappa shape index (κ3) is 8.70. The van der Waals surface area contributed by atoms with Gasteiger partial charge in [-0.15, -0.1) is 0 Å². The average molecular weight is 322 g/mol. The van der Waals surface area contributed by atoms with Crippen LogP contribution in [0.4, 0.5) is 4.79 Å². The summed E-state index contributed by atoms with van der Waals surface area (Å²) >= 11 is 0. The van der Waals surface area contributed by atoms with Crippen LogP contribution in [0, 0.1) is 0 Å². The highest BCUT2D eigenvalue weighted by Gasteiger charge is 2.09. The zero-order chi connectivity index (χ0) is 17.2. The van der Waals surface area contributed by atoms with Crippen molar-refractivity contribution in [3.05, 3.63) is 29.8 Å². The van der Waals surface area contributed by atoms with Gasteiger partial charge in [0.2, 0.25) is 0 Å². The predicted molar refractivity (Wildman–Crippen MR) is 88.3 cm³/mol. The number of hydrogen-bond acceptors (Lipinski definition) is 4. The molecule has 0 radical (unpaired) electrons. The van der Waals surface area contributed by atoms with Gasteiger partial charge in [-0.3, -0.25) is 4.79 Å². The number of aromatic hydroxyl groups is 1. The van der Waals surface area contributed by atoms with Gasteiger partial charge in [0, 0.05) is 12.6 Å². The van der Waals surface area contributed by atoms with Gasteiger partial charge < -0.3 is 20.5 Å². The average Bonchev–Trinajstić information content (AvgIpc) is 2.45. The van der Waals surface area contributed by atoms with E-state index in [1.807, 2.05) is 19.1 Å². The molecule has 0 aliphatic heterocycles. The van der Waals surface area contributed by atoms with Gasteiger partial charge >= 0.3 is 12.0 Å². The lowest BCUT2D eigenvalue weighted by Crippen LogP contribution is -2.41. The minimum absolute atomic E-state index is 0.00594. The van der Waals surface area contributed by atoms with Gasteiger partial charge in [0.1, 0.15) is 5.75 Å². The second kappa shape index (κ2) is 9.71. The van der Waals surface area contributed by atoms with Gasteiger partial charge in [0.15, 0.2) is 0 Å². The summed E-state index contributed by atoms with van der Waals surface area (Å²) in [6.07, 6.45) is 1.61. The molecule has 128 valence electrons. The second-order valence-corrected chi connectivity index (χ2v) is 5.80. The molecule has 0 aromatic heterocycles. The van der Waals surface area contributed by atoms with E-state index < -0.39 is 0 Å². The van der Waals surface area contributed by atoms with E-state index >= 15 is 0 Å². The number of amides is 2. The van der Waals surface area contributed by atoms with Gasteiger partial charge in [-0.2, -0.15) is 0 Å². The van der Waals surface area contributed by atoms with Crippen molar-refractivity contribution < 1.29 is 19.4 Å². The molecule has 1 aromatic carbocycles. The highest BCUT2D eigenvalue weighted by atomic mass is 16.5. The van der Waals surface area contributed by atoms with Crippen LogP contribution in [0.5, 0.6) is 5.75 Å². The largest absolute Gasteiger partial charge is 0.508 e. The van der Waals surface area contributed by atoms with Crippen LogP contribution in [0.1, 0.15) is 39.2 Å². The molecular formula is C17H26N2O4. The zero-order valence-corrected chi connectivity index (χ0v) is 14.0. The predicted octanol–water partition coefficient (Wildman–Crippen LogP) is 2.35. The van der Waals surface area contributed by atoms with Crippen LogP contribution in [-0.2, 0) is 16.0 Å². The van der Waals surface area contributed by atoms with Gasteiger partial charge in [-0.1, -0.05) is 12.1 Å². The number of phenolic OH excluding ortho intramolecular Hbond substituents is 1. The van der Waals surface area contributed by atoms with Crippen molar-refractivity contribution in [3.8, 4) is 5.75 Å². The molecule has 2 amide bonds. The first kappa shape index (κ1) is 18.8. The number of benzene rings is 1. The number of nitrogens with one attached hydrogen (secondary N) is 2. The van der Waals surface area contributed by atoms with E-state index in [1.54, 1.807) is 26.0 Å². The summed E-state index contributed by atoms with van der Waals surface area (Å²) in [5, 5.41) is 14.7. The smallest absolute Gasteiger partial charge is 0.315 e. The molecule has 1 atom stereocenters. The summed E-state index contributed by atoms with van der Waals surface area (Å²) in [5.74, 6) is -0.0732. The van der Waals surface area contributed by atoms with E-state index in [2.05, 4.69) is 10.6 Å². The fourth-order valence-corrected chi connectivity index (χ4v) is 1.99. The fraction of sp³-hybridized carbons (Fsp3) is 0.529. The Balaban J connectivity index is 2.18. The van der Waals surface area contributed by atoms with Crippen molar-refractivity contribution in [3.63, 3.8) is 0 Å². The van der Waals surface area contributed by atoms with Crippen LogP contribution in [-0.4, -0.2) is 35.8 Å². The van der Waals surface area contributed by atoms with Crippen LogP contribution in [0.15, 0.2) is 24.3 Å². The van der Waals surface area contributed by atoms with Crippen LogP contribution in [0.2, 0.25) is 0 Å². The molecule has 0 aliphatic rings. The maximum Gasteiger partial charge on any atom is 0.315 e. The molecule has 0 saturated carbocycles. The van der Waals surface area contributed by atoms with Crippen molar-refractivity contribution in [2.75, 3.05) is 6.54 Å². The first-order valence-electron chi connectivity index (χ1n) is 7.88. The molecule has 1 aromatic rings. The van der Waals surface area contributed by atoms with Crippen molar-refractivity contribution in [2.45, 2.75) is 52.2 Å². The minimum Gasteiger partial charge on any atom is -0.508 e. The van der Waals surface area contributed by atoms with Crippen molar-refractivity contribution in [1.29, 1.82) is 0 Å². The van der Waals surface area contributed by atoms with E-state index in [0.717, 1.165) is 18.4 Å². The van der Waals surface area contributed by atoms with Crippen molar-refractivity contribution in [2.24, 2.45) is 0 Å². The van der Waals surface area contributed by atoms with Crippen LogP contribution < -0.4 is 10.6 Å². The number of phenols is 1. The molecule has 0 spiro atoms. The molecule has 0 saturated heterocycles. The lowest BCUT2D eigenvalue weighted by Gasteiger charge is -2.15. The van der Waals surface area contributed by atoms with Crippen LogP contribution >= 0.6 is 0 Å². The molecule has 0 fully saturated rings. The molecule has 23 heavy (non-hydrogen) atoms. The molecule has 1 unspecified atom stereocenters. The number of carbonyl (C=O) groups excluding carboxylic acids is 2. The Bertz CT molecular complexity index is 500. The highest BCUT2D eigenvalue weighted by Crippen LogP contribution is 2.11. The molecular weight excluding hydrogens is 296 g/mol. The second-order valence-electron chi connectivity index (χ2n) is 5.80. The Morgan fingerprint density at radius 3 is 2.43 bits per heavy atom. The first-order valence-corrected chi connectivity index (χ1v) is 7.88. The Hall–Kier alpha value is -2.24. The van der Waals surface area contributed by atoms with E-state index in [0.29, 0.717) is 0 Å². The maximum atomic E-state index is 11.7. The number of hydrogen-bond donors (Lipinski definition) is 3. The Morgan fingerprint density at radius 1 is 1.17 bits per heavy atom. The summed E-state index contributed by atoms with van der Waals surface area (Å²) in [6, 6.07) is 6.74. The third-order valence-corrected chi connectivity index (χ3v) is 3.16. The highest BCUT2D eigenvalue weighted by molar-refractivity contribution is 5.75. The van der Waals surface area contributed by atoms with Crippen LogP contribution in [0.3, 0.4) is 0 Å². The molecule has 0 bridgehead atoms. The Kier molecular flexibility index (Phi) is 7.94. The van der Waals surface area contributed by atoms with E-state index in [-0.39, 0.29) is 42.9 Å². The summed E-state index contributed by atoms with van der Waals surface area (Å²) in [6.45, 7) is 5.75. The number of aryl methyl sites for hydroxylation is 1. The lowest BCUT2D eigenvalue weighted by atomic mass is 10.1. The number of urea groups is 1. The van der Waals surface area contributed by atoms with Gasteiger partial charge in [-0.25, -0.2) is 4.79 Å². The number of rotatable bonds is 8. The number of carbonyl (C=O) groups is 2. The van der Waals surface area contributed by atoms with Gasteiger partial charge in [0.25, 0.3) is 0 Å². The molecule has 1 rings (SSSR count). The summed E-state index contributed by atoms with van der Waals surface area (Å²) in [7, 11) is 0. The third-order valence-electron chi connectivity index (χ3n) is 3.16.